The van der Waals surface area contributed by atoms with Crippen LogP contribution in [0.2, 0.25) is 0 Å². The standard InChI is InChI=1S/C45H67N5O11/c1-26-25-59-45(57)29(4)37(51)23-39(61-40-22-33(47(6)7)20-28(3)60-40)38(19-27(2)46-43(54)30(5)41(26)52)58-18-8-13-48-14-16-49(17-15-48)32-11-12-36-34(21-32)42(53)35(44(55)56)24-50(36)31-9-10-31/h11-12,21,24,26-31,33,38-41,52H,8-10,13-20,22-23,25H2,1-7H3,(H,46,54)(H,55,56)/t26-,27+,28?,29?,30?,33?,38?,39+,40?,41?/m0/s1. The lowest BCUT2D eigenvalue weighted by molar-refractivity contribution is -0.240. The van der Waals surface area contributed by atoms with E-state index in [0.717, 1.165) is 63.2 Å². The monoisotopic (exact) mass is 853 g/mol. The van der Waals surface area contributed by atoms with Gasteiger partial charge in [0.2, 0.25) is 11.3 Å². The Hall–Kier alpha value is -3.93. The van der Waals surface area contributed by atoms with E-state index in [2.05, 4.69) is 20.0 Å². The second-order valence-corrected chi connectivity index (χ2v) is 18.2. The Morgan fingerprint density at radius 2 is 1.69 bits per heavy atom. The number of carboxylic acid groups (broad SMARTS) is 1. The van der Waals surface area contributed by atoms with Crippen LogP contribution in [-0.4, -0.2) is 151 Å². The van der Waals surface area contributed by atoms with Gasteiger partial charge in [0.05, 0.1) is 42.5 Å². The first-order chi connectivity index (χ1) is 29.0. The topological polar surface area (TPSA) is 189 Å². The van der Waals surface area contributed by atoms with Crippen LogP contribution in [0.25, 0.3) is 10.9 Å². The van der Waals surface area contributed by atoms with Crippen LogP contribution < -0.4 is 15.6 Å². The number of nitrogens with zero attached hydrogens (tertiary/aromatic N) is 4. The van der Waals surface area contributed by atoms with E-state index in [1.54, 1.807) is 13.8 Å². The van der Waals surface area contributed by atoms with Crippen molar-refractivity contribution in [3.05, 3.63) is 40.2 Å². The third kappa shape index (κ3) is 11.8. The molecule has 4 heterocycles. The van der Waals surface area contributed by atoms with Crippen LogP contribution in [0.1, 0.15) is 96.0 Å². The molecule has 16 nitrogen and oxygen atoms in total. The van der Waals surface area contributed by atoms with Gasteiger partial charge in [0.1, 0.15) is 17.3 Å². The zero-order valence-electron chi connectivity index (χ0n) is 36.9. The zero-order chi connectivity index (χ0) is 44.1. The van der Waals surface area contributed by atoms with Crippen molar-refractivity contribution in [2.24, 2.45) is 17.8 Å². The van der Waals surface area contributed by atoms with Gasteiger partial charge < -0.3 is 48.8 Å². The van der Waals surface area contributed by atoms with Crippen molar-refractivity contribution >= 4 is 40.2 Å². The van der Waals surface area contributed by atoms with Gasteiger partial charge in [0, 0.05) is 93.5 Å². The summed E-state index contributed by atoms with van der Waals surface area (Å²) in [6.07, 6.45) is 2.47. The molecule has 4 aliphatic rings. The van der Waals surface area contributed by atoms with Crippen LogP contribution in [0.5, 0.6) is 0 Å². The number of rotatable bonds is 11. The number of benzene rings is 1. The smallest absolute Gasteiger partial charge is 0.341 e. The fraction of sp³-hybridized carbons (Fsp3) is 0.711. The number of carboxylic acids is 1. The largest absolute Gasteiger partial charge is 0.477 e. The number of ether oxygens (including phenoxy) is 4. The normalized spacial score (nSPS) is 31.7. The zero-order valence-corrected chi connectivity index (χ0v) is 36.9. The second kappa shape index (κ2) is 20.5. The van der Waals surface area contributed by atoms with Gasteiger partial charge in [-0.05, 0) is 85.2 Å². The predicted octanol–water partition coefficient (Wildman–Crippen LogP) is 3.45. The summed E-state index contributed by atoms with van der Waals surface area (Å²) in [5, 5.41) is 24.1. The quantitative estimate of drug-likeness (QED) is 0.169. The van der Waals surface area contributed by atoms with Crippen molar-refractivity contribution < 1.29 is 48.3 Å². The fourth-order valence-corrected chi connectivity index (χ4v) is 8.84. The summed E-state index contributed by atoms with van der Waals surface area (Å²) >= 11 is 0. The van der Waals surface area contributed by atoms with Crippen molar-refractivity contribution in [1.29, 1.82) is 0 Å². The van der Waals surface area contributed by atoms with Crippen LogP contribution in [-0.2, 0) is 33.3 Å². The third-order valence-electron chi connectivity index (χ3n) is 13.0. The molecule has 3 aliphatic heterocycles. The highest BCUT2D eigenvalue weighted by atomic mass is 16.7. The van der Waals surface area contributed by atoms with E-state index in [9.17, 15) is 34.2 Å². The summed E-state index contributed by atoms with van der Waals surface area (Å²) in [6, 6.07) is 5.79. The lowest BCUT2D eigenvalue weighted by atomic mass is 9.92. The van der Waals surface area contributed by atoms with Gasteiger partial charge >= 0.3 is 11.9 Å². The summed E-state index contributed by atoms with van der Waals surface area (Å²) in [4.78, 5) is 72.1. The van der Waals surface area contributed by atoms with Gasteiger partial charge in [-0.15, -0.1) is 0 Å². The van der Waals surface area contributed by atoms with Gasteiger partial charge in [0.15, 0.2) is 6.29 Å². The number of aromatic carboxylic acids is 1. The molecule has 10 atom stereocenters. The number of pyridine rings is 1. The maximum atomic E-state index is 13.8. The molecule has 3 saturated heterocycles. The Kier molecular flexibility index (Phi) is 15.7. The van der Waals surface area contributed by atoms with Crippen LogP contribution in [0.4, 0.5) is 5.69 Å². The number of nitrogens with one attached hydrogen (secondary N) is 1. The molecule has 0 radical (unpaired) electrons. The molecule has 0 spiro atoms. The molecule has 0 bridgehead atoms. The SMILES string of the molecule is CC1CC(N(C)C)CC(O[C@@H]2CC(=O)C(C)C(=O)OC[C@H](C)C(O)C(C)C(=O)N[C@H](C)CC2OCCCN2CCN(c3ccc4c(c3)c(=O)c(C(=O)O)cn4C3CC3)CC2)O1. The number of aliphatic hydroxyl groups excluding tert-OH is 1. The average molecular weight is 854 g/mol. The Morgan fingerprint density at radius 3 is 2.36 bits per heavy atom. The van der Waals surface area contributed by atoms with Crippen molar-refractivity contribution in [3.8, 4) is 0 Å². The van der Waals surface area contributed by atoms with E-state index >= 15 is 0 Å². The van der Waals surface area contributed by atoms with Crippen molar-refractivity contribution in [2.45, 2.75) is 128 Å². The van der Waals surface area contributed by atoms with Gasteiger partial charge in [0.25, 0.3) is 0 Å². The molecular formula is C45H67N5O11. The molecular weight excluding hydrogens is 787 g/mol. The number of amides is 1. The fourth-order valence-electron chi connectivity index (χ4n) is 8.84. The van der Waals surface area contributed by atoms with Crippen LogP contribution >= 0.6 is 0 Å². The number of hydrogen-bond donors (Lipinski definition) is 3. The Bertz CT molecular complexity index is 1930. The van der Waals surface area contributed by atoms with Gasteiger partial charge in [-0.3, -0.25) is 24.1 Å². The number of anilines is 1. The lowest BCUT2D eigenvalue weighted by Gasteiger charge is -2.40. The molecule has 1 aromatic carbocycles. The summed E-state index contributed by atoms with van der Waals surface area (Å²) in [5.74, 6) is -4.99. The first-order valence-corrected chi connectivity index (χ1v) is 22.2. The van der Waals surface area contributed by atoms with Crippen molar-refractivity contribution in [2.75, 3.05) is 64.9 Å². The lowest BCUT2D eigenvalue weighted by Crippen LogP contribution is -2.48. The van der Waals surface area contributed by atoms with E-state index in [4.69, 9.17) is 18.9 Å². The minimum Gasteiger partial charge on any atom is -0.477 e. The second-order valence-electron chi connectivity index (χ2n) is 18.2. The summed E-state index contributed by atoms with van der Waals surface area (Å²) in [5.41, 5.74) is 0.978. The summed E-state index contributed by atoms with van der Waals surface area (Å²) in [6.45, 7) is 12.7. The molecule has 7 unspecified atom stereocenters. The molecule has 1 aromatic heterocycles. The highest BCUT2D eigenvalue weighted by Gasteiger charge is 2.38. The van der Waals surface area contributed by atoms with E-state index in [-0.39, 0.29) is 48.5 Å². The number of carbonyl (C=O) groups excluding carboxylic acids is 3. The molecule has 3 N–H and O–H groups in total. The average Bonchev–Trinajstić information content (AvgIpc) is 4.08. The minimum atomic E-state index is -1.22. The summed E-state index contributed by atoms with van der Waals surface area (Å²) < 4.78 is 27.0. The maximum absolute atomic E-state index is 13.8. The Balaban J connectivity index is 1.13. The number of aromatic nitrogens is 1. The number of piperazine rings is 1. The first-order valence-electron chi connectivity index (χ1n) is 22.2. The number of fused-ring (bicyclic) bond motifs is 1. The number of cyclic esters (lactones) is 1. The van der Waals surface area contributed by atoms with Crippen LogP contribution in [0, 0.1) is 17.8 Å². The highest BCUT2D eigenvalue weighted by Crippen LogP contribution is 2.37. The highest BCUT2D eigenvalue weighted by molar-refractivity contribution is 5.98. The van der Waals surface area contributed by atoms with Gasteiger partial charge in [-0.1, -0.05) is 13.8 Å². The number of esters is 1. The molecule has 16 heteroatoms. The molecule has 1 aliphatic carbocycles. The van der Waals surface area contributed by atoms with Crippen LogP contribution in [0.15, 0.2) is 29.2 Å². The minimum absolute atomic E-state index is 0.0830. The third-order valence-corrected chi connectivity index (χ3v) is 13.0. The number of ketones is 1. The molecule has 1 amide bonds. The molecule has 4 fully saturated rings. The number of carbonyl (C=O) groups is 4. The predicted molar refractivity (Wildman–Crippen MR) is 229 cm³/mol. The molecule has 6 rings (SSSR count). The molecule has 338 valence electrons. The van der Waals surface area contributed by atoms with Crippen LogP contribution in [0.3, 0.4) is 0 Å². The summed E-state index contributed by atoms with van der Waals surface area (Å²) in [7, 11) is 4.04. The van der Waals surface area contributed by atoms with E-state index in [1.807, 2.05) is 50.7 Å². The Labute approximate surface area is 358 Å². The van der Waals surface area contributed by atoms with Gasteiger partial charge in [-0.2, -0.15) is 0 Å². The number of Topliss-reactive ketones (excluding diaryl/α,β-unsaturated/α-hetero) is 1. The number of aliphatic hydroxyl groups is 1. The number of hydrogen-bond acceptors (Lipinski definition) is 13. The van der Waals surface area contributed by atoms with E-state index in [0.29, 0.717) is 31.3 Å². The first kappa shape index (κ1) is 46.6. The molecule has 2 aromatic rings. The van der Waals surface area contributed by atoms with Crippen molar-refractivity contribution in [1.82, 2.24) is 19.7 Å². The van der Waals surface area contributed by atoms with Gasteiger partial charge in [-0.25, -0.2) is 4.79 Å². The van der Waals surface area contributed by atoms with E-state index in [1.165, 1.54) is 13.1 Å². The maximum Gasteiger partial charge on any atom is 0.341 e. The van der Waals surface area contributed by atoms with E-state index < -0.39 is 65.8 Å². The van der Waals surface area contributed by atoms with Crippen molar-refractivity contribution in [3.63, 3.8) is 0 Å². The molecule has 61 heavy (non-hydrogen) atoms. The Morgan fingerprint density at radius 1 is 0.967 bits per heavy atom. The molecule has 1 saturated carbocycles.